The lowest BCUT2D eigenvalue weighted by Gasteiger charge is -2.29. The van der Waals surface area contributed by atoms with E-state index in [0.717, 1.165) is 18.8 Å². The van der Waals surface area contributed by atoms with E-state index < -0.39 is 0 Å². The zero-order valence-corrected chi connectivity index (χ0v) is 9.40. The van der Waals surface area contributed by atoms with Gasteiger partial charge in [0, 0.05) is 39.0 Å². The molecule has 88 valence electrons. The summed E-state index contributed by atoms with van der Waals surface area (Å²) in [6, 6.07) is 3.89. The molecule has 0 radical (unpaired) electrons. The lowest BCUT2D eigenvalue weighted by molar-refractivity contribution is 0.186. The van der Waals surface area contributed by atoms with Gasteiger partial charge < -0.3 is 19.9 Å². The van der Waals surface area contributed by atoms with E-state index in [1.54, 1.807) is 17.7 Å². The highest BCUT2D eigenvalue weighted by molar-refractivity contribution is 5.42. The second-order valence-electron chi connectivity index (χ2n) is 3.94. The monoisotopic (exact) mass is 223 g/mol. The molecule has 5 nitrogen and oxygen atoms in total. The molecule has 1 fully saturated rings. The van der Waals surface area contributed by atoms with E-state index in [9.17, 15) is 4.79 Å². The van der Waals surface area contributed by atoms with Crippen LogP contribution in [0.25, 0.3) is 0 Å². The van der Waals surface area contributed by atoms with Crippen molar-refractivity contribution in [1.29, 1.82) is 0 Å². The molecule has 0 spiro atoms. The van der Waals surface area contributed by atoms with E-state index in [1.807, 2.05) is 12.3 Å². The van der Waals surface area contributed by atoms with Crippen LogP contribution in [0.3, 0.4) is 0 Å². The lowest BCUT2D eigenvalue weighted by atomic mass is 10.2. The van der Waals surface area contributed by atoms with E-state index in [1.165, 1.54) is 0 Å². The molecule has 16 heavy (non-hydrogen) atoms. The standard InChI is InChI=1S/C11H17N3O2/c1-16-5-4-14-8-9(2-3-11(14)15)13-10-6-12-7-10/h2-3,8,10,12-13H,4-7H2,1H3. The third-order valence-electron chi connectivity index (χ3n) is 2.67. The van der Waals surface area contributed by atoms with Gasteiger partial charge in [-0.05, 0) is 6.07 Å². The van der Waals surface area contributed by atoms with Crippen molar-refractivity contribution in [3.8, 4) is 0 Å². The minimum Gasteiger partial charge on any atom is -0.383 e. The molecule has 1 aliphatic rings. The summed E-state index contributed by atoms with van der Waals surface area (Å²) in [5, 5.41) is 6.55. The summed E-state index contributed by atoms with van der Waals surface area (Å²) in [6.45, 7) is 3.11. The fourth-order valence-electron chi connectivity index (χ4n) is 1.61. The van der Waals surface area contributed by atoms with Gasteiger partial charge in [-0.25, -0.2) is 0 Å². The fraction of sp³-hybridized carbons (Fsp3) is 0.545. The predicted molar refractivity (Wildman–Crippen MR) is 62.9 cm³/mol. The van der Waals surface area contributed by atoms with Crippen LogP contribution in [0, 0.1) is 0 Å². The molecule has 2 N–H and O–H groups in total. The largest absolute Gasteiger partial charge is 0.383 e. The van der Waals surface area contributed by atoms with Crippen LogP contribution in [0.5, 0.6) is 0 Å². The topological polar surface area (TPSA) is 55.3 Å². The number of anilines is 1. The molecule has 0 aromatic carbocycles. The van der Waals surface area contributed by atoms with Gasteiger partial charge in [0.15, 0.2) is 0 Å². The Bertz CT molecular complexity index is 398. The number of hydrogen-bond acceptors (Lipinski definition) is 4. The van der Waals surface area contributed by atoms with Gasteiger partial charge in [-0.1, -0.05) is 0 Å². The molecule has 2 heterocycles. The molecule has 1 saturated heterocycles. The van der Waals surface area contributed by atoms with Gasteiger partial charge >= 0.3 is 0 Å². The molecule has 1 aromatic rings. The first kappa shape index (κ1) is 11.2. The normalized spacial score (nSPS) is 15.8. The van der Waals surface area contributed by atoms with Crippen LogP contribution in [-0.4, -0.2) is 37.4 Å². The molecule has 0 unspecified atom stereocenters. The van der Waals surface area contributed by atoms with E-state index in [4.69, 9.17) is 4.74 Å². The Morgan fingerprint density at radius 3 is 3.00 bits per heavy atom. The van der Waals surface area contributed by atoms with Crippen molar-refractivity contribution in [3.05, 3.63) is 28.7 Å². The first-order valence-electron chi connectivity index (χ1n) is 5.46. The highest BCUT2D eigenvalue weighted by Crippen LogP contribution is 2.07. The van der Waals surface area contributed by atoms with E-state index in [0.29, 0.717) is 19.2 Å². The smallest absolute Gasteiger partial charge is 0.250 e. The lowest BCUT2D eigenvalue weighted by Crippen LogP contribution is -2.51. The van der Waals surface area contributed by atoms with Crippen LogP contribution in [0.4, 0.5) is 5.69 Å². The molecule has 0 aliphatic carbocycles. The summed E-state index contributed by atoms with van der Waals surface area (Å²) < 4.78 is 6.63. The van der Waals surface area contributed by atoms with Gasteiger partial charge in [-0.15, -0.1) is 0 Å². The quantitative estimate of drug-likeness (QED) is 0.730. The number of pyridine rings is 1. The first-order valence-corrected chi connectivity index (χ1v) is 5.46. The summed E-state index contributed by atoms with van der Waals surface area (Å²) >= 11 is 0. The molecule has 1 aliphatic heterocycles. The van der Waals surface area contributed by atoms with Crippen molar-refractivity contribution in [1.82, 2.24) is 9.88 Å². The Labute approximate surface area is 94.4 Å². The van der Waals surface area contributed by atoms with Gasteiger partial charge in [0.1, 0.15) is 0 Å². The summed E-state index contributed by atoms with van der Waals surface area (Å²) in [6.07, 6.45) is 1.85. The molecule has 0 amide bonds. The third-order valence-corrected chi connectivity index (χ3v) is 2.67. The highest BCUT2D eigenvalue weighted by Gasteiger charge is 2.15. The maximum atomic E-state index is 11.5. The second kappa shape index (κ2) is 5.14. The molecule has 0 bridgehead atoms. The number of methoxy groups -OCH3 is 1. The molecular formula is C11H17N3O2. The van der Waals surface area contributed by atoms with Crippen LogP contribution < -0.4 is 16.2 Å². The number of nitrogens with zero attached hydrogens (tertiary/aromatic N) is 1. The van der Waals surface area contributed by atoms with Gasteiger partial charge in [0.2, 0.25) is 0 Å². The van der Waals surface area contributed by atoms with Crippen molar-refractivity contribution < 1.29 is 4.74 Å². The second-order valence-corrected chi connectivity index (χ2v) is 3.94. The summed E-state index contributed by atoms with van der Waals surface area (Å²) in [4.78, 5) is 11.5. The van der Waals surface area contributed by atoms with Crippen LogP contribution in [0.2, 0.25) is 0 Å². The maximum Gasteiger partial charge on any atom is 0.250 e. The Hall–Kier alpha value is -1.33. The van der Waals surface area contributed by atoms with Gasteiger partial charge in [-0.2, -0.15) is 0 Å². The Morgan fingerprint density at radius 2 is 2.38 bits per heavy atom. The Kier molecular flexibility index (Phi) is 3.58. The van der Waals surface area contributed by atoms with Crippen LogP contribution in [0.1, 0.15) is 0 Å². The first-order chi connectivity index (χ1) is 7.79. The fourth-order valence-corrected chi connectivity index (χ4v) is 1.61. The molecule has 2 rings (SSSR count). The van der Waals surface area contributed by atoms with E-state index in [-0.39, 0.29) is 5.56 Å². The minimum absolute atomic E-state index is 0.00864. The number of aromatic nitrogens is 1. The summed E-state index contributed by atoms with van der Waals surface area (Å²) in [5.41, 5.74) is 0.997. The predicted octanol–water partition coefficient (Wildman–Crippen LogP) is -0.122. The van der Waals surface area contributed by atoms with Gasteiger partial charge in [-0.3, -0.25) is 4.79 Å². The Morgan fingerprint density at radius 1 is 1.56 bits per heavy atom. The number of ether oxygens (including phenoxy) is 1. The average molecular weight is 223 g/mol. The van der Waals surface area contributed by atoms with E-state index >= 15 is 0 Å². The number of rotatable bonds is 5. The van der Waals surface area contributed by atoms with Crippen LogP contribution >= 0.6 is 0 Å². The highest BCUT2D eigenvalue weighted by atomic mass is 16.5. The SMILES string of the molecule is COCCn1cc(NC2CNC2)ccc1=O. The number of nitrogens with one attached hydrogen (secondary N) is 2. The van der Waals surface area contributed by atoms with Gasteiger partial charge in [0.05, 0.1) is 18.3 Å². The summed E-state index contributed by atoms with van der Waals surface area (Å²) in [5.74, 6) is 0. The van der Waals surface area contributed by atoms with Crippen LogP contribution in [0.15, 0.2) is 23.1 Å². The molecule has 5 heteroatoms. The summed E-state index contributed by atoms with van der Waals surface area (Å²) in [7, 11) is 1.63. The van der Waals surface area contributed by atoms with Crippen molar-refractivity contribution in [2.24, 2.45) is 0 Å². The van der Waals surface area contributed by atoms with Crippen molar-refractivity contribution in [2.45, 2.75) is 12.6 Å². The molecule has 1 aromatic heterocycles. The third kappa shape index (κ3) is 2.62. The van der Waals surface area contributed by atoms with E-state index in [2.05, 4.69) is 10.6 Å². The minimum atomic E-state index is 0.00864. The van der Waals surface area contributed by atoms with Crippen molar-refractivity contribution >= 4 is 5.69 Å². The Balaban J connectivity index is 2.04. The van der Waals surface area contributed by atoms with Crippen LogP contribution in [-0.2, 0) is 11.3 Å². The number of hydrogen-bond donors (Lipinski definition) is 2. The van der Waals surface area contributed by atoms with Crippen molar-refractivity contribution in [2.75, 3.05) is 32.1 Å². The molecule has 0 atom stereocenters. The molecular weight excluding hydrogens is 206 g/mol. The van der Waals surface area contributed by atoms with Gasteiger partial charge in [0.25, 0.3) is 5.56 Å². The average Bonchev–Trinajstić information content (AvgIpc) is 2.23. The zero-order chi connectivity index (χ0) is 11.4. The maximum absolute atomic E-state index is 11.5. The zero-order valence-electron chi connectivity index (χ0n) is 9.40. The van der Waals surface area contributed by atoms with Crippen molar-refractivity contribution in [3.63, 3.8) is 0 Å². The molecule has 0 saturated carbocycles.